The lowest BCUT2D eigenvalue weighted by Crippen LogP contribution is -2.45. The molecule has 0 radical (unpaired) electrons. The van der Waals surface area contributed by atoms with Gasteiger partial charge in [-0.25, -0.2) is 4.79 Å². The average molecular weight is 390 g/mol. The van der Waals surface area contributed by atoms with Crippen LogP contribution >= 0.6 is 0 Å². The number of rotatable bonds is 6. The van der Waals surface area contributed by atoms with E-state index in [-0.39, 0.29) is 36.2 Å². The zero-order chi connectivity index (χ0) is 20.4. The van der Waals surface area contributed by atoms with Crippen LogP contribution < -0.4 is 16.0 Å². The number of benzene rings is 1. The summed E-state index contributed by atoms with van der Waals surface area (Å²) in [5, 5.41) is 8.55. The number of para-hydroxylation sites is 1. The summed E-state index contributed by atoms with van der Waals surface area (Å²) in [6, 6.07) is 8.72. The largest absolute Gasteiger partial charge is 0.383 e. The molecule has 2 rings (SSSR count). The van der Waals surface area contributed by atoms with Crippen molar-refractivity contribution in [2.45, 2.75) is 31.7 Å². The number of nitrogens with one attached hydrogen (secondary N) is 3. The third-order valence-electron chi connectivity index (χ3n) is 4.79. The van der Waals surface area contributed by atoms with Crippen LogP contribution in [-0.4, -0.2) is 62.6 Å². The summed E-state index contributed by atoms with van der Waals surface area (Å²) in [6.45, 7) is 1.29. The lowest BCUT2D eigenvalue weighted by molar-refractivity contribution is -0.135. The van der Waals surface area contributed by atoms with Gasteiger partial charge in [-0.05, 0) is 25.0 Å². The van der Waals surface area contributed by atoms with Gasteiger partial charge in [0.15, 0.2) is 0 Å². The second-order valence-electron chi connectivity index (χ2n) is 7.05. The molecule has 1 aliphatic rings. The number of hydrogen-bond donors (Lipinski definition) is 3. The minimum Gasteiger partial charge on any atom is -0.383 e. The maximum absolute atomic E-state index is 12.5. The van der Waals surface area contributed by atoms with E-state index >= 15 is 0 Å². The van der Waals surface area contributed by atoms with Crippen LogP contribution in [0.3, 0.4) is 0 Å². The zero-order valence-corrected chi connectivity index (χ0v) is 16.6. The molecule has 1 saturated heterocycles. The smallest absolute Gasteiger partial charge is 0.319 e. The van der Waals surface area contributed by atoms with Crippen LogP contribution in [0.25, 0.3) is 0 Å². The van der Waals surface area contributed by atoms with E-state index in [0.29, 0.717) is 38.2 Å². The second-order valence-corrected chi connectivity index (χ2v) is 7.05. The number of hydrogen-bond acceptors (Lipinski definition) is 4. The molecule has 2 unspecified atom stereocenters. The molecule has 154 valence electrons. The Morgan fingerprint density at radius 1 is 1.21 bits per heavy atom. The van der Waals surface area contributed by atoms with Gasteiger partial charge in [-0.2, -0.15) is 0 Å². The molecule has 1 heterocycles. The van der Waals surface area contributed by atoms with Crippen molar-refractivity contribution in [3.05, 3.63) is 30.3 Å². The van der Waals surface area contributed by atoms with Crippen molar-refractivity contribution >= 4 is 23.5 Å². The molecular formula is C20H30N4O4. The van der Waals surface area contributed by atoms with Crippen molar-refractivity contribution in [3.63, 3.8) is 0 Å². The number of anilines is 1. The molecule has 0 aromatic heterocycles. The molecule has 1 aliphatic heterocycles. The molecular weight excluding hydrogens is 360 g/mol. The van der Waals surface area contributed by atoms with Gasteiger partial charge in [0.05, 0.1) is 6.61 Å². The van der Waals surface area contributed by atoms with Crippen LogP contribution in [0, 0.1) is 5.92 Å². The fourth-order valence-corrected chi connectivity index (χ4v) is 3.24. The van der Waals surface area contributed by atoms with E-state index in [9.17, 15) is 14.4 Å². The predicted molar refractivity (Wildman–Crippen MR) is 107 cm³/mol. The third-order valence-corrected chi connectivity index (χ3v) is 4.79. The van der Waals surface area contributed by atoms with E-state index in [4.69, 9.17) is 4.74 Å². The van der Waals surface area contributed by atoms with Crippen molar-refractivity contribution in [3.8, 4) is 0 Å². The van der Waals surface area contributed by atoms with E-state index in [1.54, 1.807) is 19.1 Å². The van der Waals surface area contributed by atoms with Gasteiger partial charge in [0.25, 0.3) is 0 Å². The number of nitrogens with zero attached hydrogens (tertiary/aromatic N) is 1. The number of urea groups is 1. The summed E-state index contributed by atoms with van der Waals surface area (Å²) in [6.07, 6.45) is 2.23. The van der Waals surface area contributed by atoms with Crippen LogP contribution in [0.4, 0.5) is 10.5 Å². The van der Waals surface area contributed by atoms with E-state index < -0.39 is 0 Å². The topological polar surface area (TPSA) is 99.8 Å². The average Bonchev–Trinajstić information content (AvgIpc) is 2.73. The number of likely N-dealkylation sites (N-methyl/N-ethyl adjacent to an activating group) is 1. The van der Waals surface area contributed by atoms with Gasteiger partial charge in [-0.15, -0.1) is 0 Å². The first-order valence-electron chi connectivity index (χ1n) is 9.62. The van der Waals surface area contributed by atoms with Gasteiger partial charge < -0.3 is 25.6 Å². The van der Waals surface area contributed by atoms with Gasteiger partial charge in [0, 0.05) is 51.3 Å². The number of methoxy groups -OCH3 is 1. The Bertz CT molecular complexity index is 653. The maximum Gasteiger partial charge on any atom is 0.319 e. The molecule has 8 heteroatoms. The van der Waals surface area contributed by atoms with Crippen molar-refractivity contribution in [1.29, 1.82) is 0 Å². The van der Waals surface area contributed by atoms with Crippen LogP contribution in [-0.2, 0) is 14.3 Å². The molecule has 1 aromatic carbocycles. The highest BCUT2D eigenvalue weighted by Gasteiger charge is 2.27. The summed E-state index contributed by atoms with van der Waals surface area (Å²) < 4.78 is 4.94. The van der Waals surface area contributed by atoms with E-state index in [1.807, 2.05) is 30.3 Å². The first-order valence-corrected chi connectivity index (χ1v) is 9.62. The summed E-state index contributed by atoms with van der Waals surface area (Å²) in [4.78, 5) is 38.7. The van der Waals surface area contributed by atoms with Crippen molar-refractivity contribution in [2.24, 2.45) is 5.92 Å². The van der Waals surface area contributed by atoms with Crippen LogP contribution in [0.15, 0.2) is 30.3 Å². The van der Waals surface area contributed by atoms with E-state index in [2.05, 4.69) is 16.0 Å². The highest BCUT2D eigenvalue weighted by atomic mass is 16.5. The number of carbonyl (C=O) groups excluding carboxylic acids is 3. The highest BCUT2D eigenvalue weighted by molar-refractivity contribution is 5.89. The summed E-state index contributed by atoms with van der Waals surface area (Å²) in [7, 11) is 3.28. The molecule has 0 spiro atoms. The molecule has 0 saturated carbocycles. The van der Waals surface area contributed by atoms with Crippen molar-refractivity contribution in [1.82, 2.24) is 15.5 Å². The quantitative estimate of drug-likeness (QED) is 0.642. The van der Waals surface area contributed by atoms with E-state index in [1.165, 1.54) is 0 Å². The third kappa shape index (κ3) is 7.19. The number of amides is 4. The molecule has 3 N–H and O–H groups in total. The van der Waals surface area contributed by atoms with Crippen molar-refractivity contribution in [2.75, 3.05) is 39.2 Å². The molecule has 1 fully saturated rings. The Hall–Kier alpha value is -2.61. The maximum atomic E-state index is 12.5. The summed E-state index contributed by atoms with van der Waals surface area (Å²) >= 11 is 0. The molecule has 8 nitrogen and oxygen atoms in total. The second kappa shape index (κ2) is 11.3. The van der Waals surface area contributed by atoms with Crippen LogP contribution in [0.2, 0.25) is 0 Å². The summed E-state index contributed by atoms with van der Waals surface area (Å²) in [5.74, 6) is -0.570. The summed E-state index contributed by atoms with van der Waals surface area (Å²) in [5.41, 5.74) is 0.709. The molecule has 4 amide bonds. The Balaban J connectivity index is 1.91. The normalized spacial score (nSPS) is 20.5. The fourth-order valence-electron chi connectivity index (χ4n) is 3.24. The molecule has 0 bridgehead atoms. The monoisotopic (exact) mass is 390 g/mol. The molecule has 0 aliphatic carbocycles. The lowest BCUT2D eigenvalue weighted by atomic mass is 9.96. The van der Waals surface area contributed by atoms with Crippen LogP contribution in [0.5, 0.6) is 0 Å². The Morgan fingerprint density at radius 3 is 2.68 bits per heavy atom. The Kier molecular flexibility index (Phi) is 8.74. The van der Waals surface area contributed by atoms with Crippen molar-refractivity contribution < 1.29 is 19.1 Å². The molecule has 28 heavy (non-hydrogen) atoms. The first-order chi connectivity index (χ1) is 13.5. The predicted octanol–water partition coefficient (Wildman–Crippen LogP) is 1.59. The Morgan fingerprint density at radius 2 is 1.96 bits per heavy atom. The van der Waals surface area contributed by atoms with Gasteiger partial charge in [-0.3, -0.25) is 9.59 Å². The molecule has 1 aromatic rings. The van der Waals surface area contributed by atoms with Gasteiger partial charge in [-0.1, -0.05) is 24.6 Å². The van der Waals surface area contributed by atoms with Gasteiger partial charge >= 0.3 is 6.03 Å². The lowest BCUT2D eigenvalue weighted by Gasteiger charge is -2.24. The first kappa shape index (κ1) is 21.7. The minimum atomic E-state index is -0.358. The number of ether oxygens (including phenoxy) is 1. The van der Waals surface area contributed by atoms with Gasteiger partial charge in [0.1, 0.15) is 0 Å². The Labute approximate surface area is 166 Å². The highest BCUT2D eigenvalue weighted by Crippen LogP contribution is 2.19. The SMILES string of the molecule is COCCNC(=O)C1CCCC(NC(=O)Nc2ccccc2)CN(C)C(=O)C1. The van der Waals surface area contributed by atoms with Crippen LogP contribution in [0.1, 0.15) is 25.7 Å². The van der Waals surface area contributed by atoms with E-state index in [0.717, 1.165) is 6.42 Å². The minimum absolute atomic E-state index is 0.0935. The zero-order valence-electron chi connectivity index (χ0n) is 16.6. The van der Waals surface area contributed by atoms with Gasteiger partial charge in [0.2, 0.25) is 11.8 Å². The number of carbonyl (C=O) groups is 3. The fraction of sp³-hybridized carbons (Fsp3) is 0.550. The molecule has 2 atom stereocenters. The standard InChI is InChI=1S/C20H30N4O4/c1-24-14-17(23-20(27)22-16-8-4-3-5-9-16)10-6-7-15(13-18(24)25)19(26)21-11-12-28-2/h3-5,8-9,15,17H,6-7,10-14H2,1-2H3,(H,21,26)(H2,22,23,27).